The summed E-state index contributed by atoms with van der Waals surface area (Å²) in [6.45, 7) is 0. The van der Waals surface area contributed by atoms with Gasteiger partial charge in [0.1, 0.15) is 0 Å². The summed E-state index contributed by atoms with van der Waals surface area (Å²) >= 11 is 5.35. The van der Waals surface area contributed by atoms with Gasteiger partial charge < -0.3 is 5.73 Å². The highest BCUT2D eigenvalue weighted by Gasteiger charge is 2.05. The highest BCUT2D eigenvalue weighted by molar-refractivity contribution is 6.31. The molecule has 0 unspecified atom stereocenters. The van der Waals surface area contributed by atoms with Crippen LogP contribution in [0.25, 0.3) is 0 Å². The first-order chi connectivity index (χ1) is 5.25. The molecule has 0 saturated heterocycles. The van der Waals surface area contributed by atoms with E-state index in [1.807, 2.05) is 0 Å². The molecule has 58 valence electrons. The summed E-state index contributed by atoms with van der Waals surface area (Å²) < 4.78 is 0. The lowest BCUT2D eigenvalue weighted by Gasteiger charge is -1.99. The van der Waals surface area contributed by atoms with Crippen LogP contribution in [0.2, 0.25) is 0 Å². The van der Waals surface area contributed by atoms with Crippen LogP contribution in [0.1, 0.15) is 10.4 Å². The number of anilines is 1. The molecule has 0 aliphatic rings. The molecule has 2 nitrogen and oxygen atoms in total. The van der Waals surface area contributed by atoms with Gasteiger partial charge in [0, 0.05) is 11.3 Å². The number of carbonyl (C=O) groups excluding carboxylic acids is 1. The molecule has 1 aromatic rings. The van der Waals surface area contributed by atoms with Gasteiger partial charge in [-0.1, -0.05) is 12.1 Å². The van der Waals surface area contributed by atoms with Gasteiger partial charge in [0.2, 0.25) is 0 Å². The van der Waals surface area contributed by atoms with Crippen molar-refractivity contribution in [3.05, 3.63) is 29.8 Å². The second kappa shape index (κ2) is 3.39. The SMILES string of the molecule is Nc1ccccc1C(=O)CCl. The number of Topliss-reactive ketones (excluding diaryl/α,β-unsaturated/α-hetero) is 1. The van der Waals surface area contributed by atoms with Crippen LogP contribution in [0, 0.1) is 0 Å². The fraction of sp³-hybridized carbons (Fsp3) is 0.125. The lowest BCUT2D eigenvalue weighted by atomic mass is 10.1. The van der Waals surface area contributed by atoms with Crippen molar-refractivity contribution in [3.8, 4) is 0 Å². The Labute approximate surface area is 70.0 Å². The van der Waals surface area contributed by atoms with Gasteiger partial charge in [-0.15, -0.1) is 11.6 Å². The quantitative estimate of drug-likeness (QED) is 0.416. The number of alkyl halides is 1. The van der Waals surface area contributed by atoms with E-state index in [1.54, 1.807) is 24.3 Å². The number of halogens is 1. The fourth-order valence-electron chi connectivity index (χ4n) is 0.823. The molecule has 2 N–H and O–H groups in total. The molecular formula is C8H8ClNO. The van der Waals surface area contributed by atoms with Gasteiger partial charge >= 0.3 is 0 Å². The van der Waals surface area contributed by atoms with E-state index >= 15 is 0 Å². The summed E-state index contributed by atoms with van der Waals surface area (Å²) in [5.74, 6) is -0.154. The summed E-state index contributed by atoms with van der Waals surface area (Å²) in [4.78, 5) is 11.0. The van der Waals surface area contributed by atoms with Crippen molar-refractivity contribution in [2.45, 2.75) is 0 Å². The molecule has 0 saturated carbocycles. The number of benzene rings is 1. The molecule has 0 amide bonds. The lowest BCUT2D eigenvalue weighted by Crippen LogP contribution is -2.03. The van der Waals surface area contributed by atoms with Crippen molar-refractivity contribution in [2.75, 3.05) is 11.6 Å². The van der Waals surface area contributed by atoms with E-state index in [0.29, 0.717) is 11.3 Å². The number of rotatable bonds is 2. The minimum Gasteiger partial charge on any atom is -0.398 e. The third-order valence-electron chi connectivity index (χ3n) is 1.38. The van der Waals surface area contributed by atoms with Crippen LogP contribution in [0.3, 0.4) is 0 Å². The molecule has 0 atom stereocenters. The molecule has 0 aliphatic carbocycles. The van der Waals surface area contributed by atoms with Gasteiger partial charge in [-0.25, -0.2) is 0 Å². The minimum absolute atomic E-state index is 0.0196. The Morgan fingerprint density at radius 2 is 2.09 bits per heavy atom. The Morgan fingerprint density at radius 3 is 2.64 bits per heavy atom. The normalized spacial score (nSPS) is 9.55. The van der Waals surface area contributed by atoms with E-state index in [4.69, 9.17) is 17.3 Å². The smallest absolute Gasteiger partial charge is 0.179 e. The van der Waals surface area contributed by atoms with Crippen molar-refractivity contribution in [3.63, 3.8) is 0 Å². The first-order valence-electron chi connectivity index (χ1n) is 3.19. The number of hydrogen-bond acceptors (Lipinski definition) is 2. The van der Waals surface area contributed by atoms with Gasteiger partial charge in [0.05, 0.1) is 5.88 Å². The predicted octanol–water partition coefficient (Wildman–Crippen LogP) is 1.69. The van der Waals surface area contributed by atoms with Crippen molar-refractivity contribution >= 4 is 23.1 Å². The summed E-state index contributed by atoms with van der Waals surface area (Å²) in [5, 5.41) is 0. The second-order valence-corrected chi connectivity index (χ2v) is 2.41. The molecule has 0 bridgehead atoms. The second-order valence-electron chi connectivity index (χ2n) is 2.14. The van der Waals surface area contributed by atoms with Gasteiger partial charge in [-0.2, -0.15) is 0 Å². The topological polar surface area (TPSA) is 43.1 Å². The van der Waals surface area contributed by atoms with Crippen LogP contribution in [0.4, 0.5) is 5.69 Å². The third-order valence-corrected chi connectivity index (χ3v) is 1.63. The lowest BCUT2D eigenvalue weighted by molar-refractivity contribution is 0.102. The molecule has 0 aliphatic heterocycles. The van der Waals surface area contributed by atoms with Crippen LogP contribution < -0.4 is 5.73 Å². The zero-order valence-electron chi connectivity index (χ0n) is 5.88. The van der Waals surface area contributed by atoms with Crippen LogP contribution in [-0.2, 0) is 0 Å². The molecule has 3 heteroatoms. The highest BCUT2D eigenvalue weighted by Crippen LogP contribution is 2.11. The van der Waals surface area contributed by atoms with Gasteiger partial charge in [0.15, 0.2) is 5.78 Å². The Morgan fingerprint density at radius 1 is 1.45 bits per heavy atom. The Bertz CT molecular complexity index is 273. The van der Waals surface area contributed by atoms with E-state index in [0.717, 1.165) is 0 Å². The third kappa shape index (κ3) is 1.71. The average Bonchev–Trinajstić information content (AvgIpc) is 2.04. The maximum atomic E-state index is 11.0. The van der Waals surface area contributed by atoms with Crippen molar-refractivity contribution in [1.82, 2.24) is 0 Å². The molecule has 1 rings (SSSR count). The maximum Gasteiger partial charge on any atom is 0.179 e. The van der Waals surface area contributed by atoms with Gasteiger partial charge in [-0.05, 0) is 12.1 Å². The van der Waals surface area contributed by atoms with Crippen molar-refractivity contribution in [2.24, 2.45) is 0 Å². The Balaban J connectivity index is 3.03. The molecule has 0 radical (unpaired) electrons. The minimum atomic E-state index is -0.134. The average molecular weight is 170 g/mol. The number of carbonyl (C=O) groups is 1. The predicted molar refractivity (Wildman–Crippen MR) is 45.9 cm³/mol. The monoisotopic (exact) mass is 169 g/mol. The summed E-state index contributed by atoms with van der Waals surface area (Å²) in [7, 11) is 0. The molecular weight excluding hydrogens is 162 g/mol. The molecule has 0 aromatic heterocycles. The molecule has 0 heterocycles. The zero-order valence-corrected chi connectivity index (χ0v) is 6.64. The molecule has 0 spiro atoms. The Kier molecular flexibility index (Phi) is 2.49. The van der Waals surface area contributed by atoms with Crippen LogP contribution >= 0.6 is 11.6 Å². The number of ketones is 1. The standard InChI is InChI=1S/C8H8ClNO/c9-5-8(11)6-3-1-2-4-7(6)10/h1-4H,5,10H2. The molecule has 1 aromatic carbocycles. The van der Waals surface area contributed by atoms with E-state index in [-0.39, 0.29) is 11.7 Å². The van der Waals surface area contributed by atoms with E-state index < -0.39 is 0 Å². The summed E-state index contributed by atoms with van der Waals surface area (Å²) in [6, 6.07) is 6.89. The number of nitrogen functional groups attached to an aromatic ring is 1. The maximum absolute atomic E-state index is 11.0. The molecule has 0 fully saturated rings. The first kappa shape index (κ1) is 8.08. The number of para-hydroxylation sites is 1. The van der Waals surface area contributed by atoms with Crippen LogP contribution in [0.15, 0.2) is 24.3 Å². The summed E-state index contributed by atoms with van der Waals surface area (Å²) in [6.07, 6.45) is 0. The zero-order chi connectivity index (χ0) is 8.27. The van der Waals surface area contributed by atoms with E-state index in [2.05, 4.69) is 0 Å². The number of hydrogen-bond donors (Lipinski definition) is 1. The van der Waals surface area contributed by atoms with Crippen molar-refractivity contribution < 1.29 is 4.79 Å². The van der Waals surface area contributed by atoms with E-state index in [1.165, 1.54) is 0 Å². The van der Waals surface area contributed by atoms with Crippen molar-refractivity contribution in [1.29, 1.82) is 0 Å². The van der Waals surface area contributed by atoms with Crippen LogP contribution in [-0.4, -0.2) is 11.7 Å². The van der Waals surface area contributed by atoms with Gasteiger partial charge in [0.25, 0.3) is 0 Å². The first-order valence-corrected chi connectivity index (χ1v) is 3.73. The van der Waals surface area contributed by atoms with E-state index in [9.17, 15) is 4.79 Å². The van der Waals surface area contributed by atoms with Crippen LogP contribution in [0.5, 0.6) is 0 Å². The molecule has 11 heavy (non-hydrogen) atoms. The number of nitrogens with two attached hydrogens (primary N) is 1. The fourth-order valence-corrected chi connectivity index (χ4v) is 0.967. The highest BCUT2D eigenvalue weighted by atomic mass is 35.5. The van der Waals surface area contributed by atoms with Gasteiger partial charge in [-0.3, -0.25) is 4.79 Å². The Hall–Kier alpha value is -1.02. The largest absolute Gasteiger partial charge is 0.398 e. The summed E-state index contributed by atoms with van der Waals surface area (Å²) in [5.41, 5.74) is 6.50.